The van der Waals surface area contributed by atoms with Crippen LogP contribution < -0.4 is 15.6 Å². The first-order valence-corrected chi connectivity index (χ1v) is 15.0. The summed E-state index contributed by atoms with van der Waals surface area (Å²) in [5, 5.41) is 3.02. The Morgan fingerprint density at radius 3 is 2.39 bits per heavy atom. The predicted octanol–water partition coefficient (Wildman–Crippen LogP) is 3.61. The Bertz CT molecular complexity index is 1320. The largest absolute Gasteiger partial charge is 0.379 e. The number of anilines is 1. The molecule has 2 fully saturated rings. The number of benzene rings is 1. The van der Waals surface area contributed by atoms with Gasteiger partial charge in [0.05, 0.1) is 19.8 Å². The third kappa shape index (κ3) is 7.79. The Kier molecular flexibility index (Phi) is 10.7. The minimum atomic E-state index is -0.188. The molecule has 1 aromatic carbocycles. The molecule has 2 N–H and O–H groups in total. The quantitative estimate of drug-likeness (QED) is 0.480. The van der Waals surface area contributed by atoms with Gasteiger partial charge in [-0.3, -0.25) is 14.5 Å². The summed E-state index contributed by atoms with van der Waals surface area (Å²) in [5.41, 5.74) is 5.59. The van der Waals surface area contributed by atoms with Gasteiger partial charge in [0.1, 0.15) is 0 Å². The van der Waals surface area contributed by atoms with Crippen molar-refractivity contribution in [1.29, 1.82) is 0 Å². The molecule has 1 aromatic heterocycles. The molecule has 8 heteroatoms. The van der Waals surface area contributed by atoms with E-state index in [1.807, 2.05) is 26.8 Å². The lowest BCUT2D eigenvalue weighted by atomic mass is 9.88. The van der Waals surface area contributed by atoms with Crippen molar-refractivity contribution in [1.82, 2.24) is 20.1 Å². The minimum absolute atomic E-state index is 0.0651. The van der Waals surface area contributed by atoms with Crippen LogP contribution in [0.4, 0.5) is 5.69 Å². The number of pyridine rings is 1. The van der Waals surface area contributed by atoms with Gasteiger partial charge in [-0.25, -0.2) is 0 Å². The highest BCUT2D eigenvalue weighted by Crippen LogP contribution is 2.33. The SMILES string of the molecule is CCN(c1cc(C#CCN2CCOCC2)cc(C(=O)NCc2c(C)[nH]c(C)cc2=O)c1C)[C@H]1CC[C@H](N(C)C)CC1. The van der Waals surface area contributed by atoms with Crippen LogP contribution in [0.1, 0.15) is 71.0 Å². The fourth-order valence-electron chi connectivity index (χ4n) is 6.19. The number of aryl methyl sites for hydroxylation is 2. The molecule has 0 bridgehead atoms. The number of aromatic nitrogens is 1. The maximum Gasteiger partial charge on any atom is 0.251 e. The van der Waals surface area contributed by atoms with Crippen molar-refractivity contribution in [3.63, 3.8) is 0 Å². The second kappa shape index (κ2) is 14.2. The van der Waals surface area contributed by atoms with E-state index in [4.69, 9.17) is 4.74 Å². The molecule has 0 unspecified atom stereocenters. The fraction of sp³-hybridized carbons (Fsp3) is 0.576. The molecule has 41 heavy (non-hydrogen) atoms. The van der Waals surface area contributed by atoms with E-state index in [-0.39, 0.29) is 17.9 Å². The van der Waals surface area contributed by atoms with E-state index >= 15 is 0 Å². The number of aromatic amines is 1. The third-order valence-electron chi connectivity index (χ3n) is 8.66. The highest BCUT2D eigenvalue weighted by Gasteiger charge is 2.28. The molecule has 0 spiro atoms. The number of hydrogen-bond donors (Lipinski definition) is 2. The Morgan fingerprint density at radius 1 is 1.07 bits per heavy atom. The monoisotopic (exact) mass is 561 g/mol. The lowest BCUT2D eigenvalue weighted by Gasteiger charge is -2.40. The van der Waals surface area contributed by atoms with Crippen LogP contribution in [0, 0.1) is 32.6 Å². The van der Waals surface area contributed by atoms with Crippen LogP contribution in [0.5, 0.6) is 0 Å². The molecule has 4 rings (SSSR count). The van der Waals surface area contributed by atoms with Crippen LogP contribution in [0.2, 0.25) is 0 Å². The van der Waals surface area contributed by atoms with E-state index in [0.717, 1.165) is 73.9 Å². The number of nitrogens with zero attached hydrogens (tertiary/aromatic N) is 3. The van der Waals surface area contributed by atoms with Crippen LogP contribution in [0.25, 0.3) is 0 Å². The second-order valence-electron chi connectivity index (χ2n) is 11.7. The van der Waals surface area contributed by atoms with Crippen LogP contribution in [-0.4, -0.2) is 86.3 Å². The maximum absolute atomic E-state index is 13.6. The third-order valence-corrected chi connectivity index (χ3v) is 8.66. The van der Waals surface area contributed by atoms with Crippen molar-refractivity contribution in [2.45, 2.75) is 72.0 Å². The lowest BCUT2D eigenvalue weighted by molar-refractivity contribution is 0.0443. The number of amides is 1. The molecular formula is C33H47N5O3. The van der Waals surface area contributed by atoms with Crippen LogP contribution in [0.3, 0.4) is 0 Å². The normalized spacial score (nSPS) is 19.5. The Balaban J connectivity index is 1.62. The van der Waals surface area contributed by atoms with Gasteiger partial charge < -0.3 is 24.8 Å². The smallest absolute Gasteiger partial charge is 0.251 e. The molecule has 1 aliphatic carbocycles. The standard InChI is InChI=1S/C33H47N5O3/c1-7-38(28-12-10-27(11-13-28)36(5)6)31-21-26(9-8-14-37-15-17-41-18-16-37)20-29(24(31)3)33(40)34-22-30-25(4)35-23(2)19-32(30)39/h19-21,27-28H,7,10-18,22H2,1-6H3,(H,34,40)(H,35,39)/t27-,28-. The van der Waals surface area contributed by atoms with Gasteiger partial charge in [0.2, 0.25) is 0 Å². The summed E-state index contributed by atoms with van der Waals surface area (Å²) >= 11 is 0. The zero-order valence-electron chi connectivity index (χ0n) is 25.7. The van der Waals surface area contributed by atoms with E-state index in [1.54, 1.807) is 6.07 Å². The molecule has 8 nitrogen and oxygen atoms in total. The van der Waals surface area contributed by atoms with E-state index in [9.17, 15) is 9.59 Å². The highest BCUT2D eigenvalue weighted by molar-refractivity contribution is 5.97. The number of hydrogen-bond acceptors (Lipinski definition) is 6. The number of rotatable bonds is 8. The van der Waals surface area contributed by atoms with Gasteiger partial charge in [-0.05, 0) is 85.2 Å². The molecule has 2 aromatic rings. The van der Waals surface area contributed by atoms with Crippen molar-refractivity contribution in [2.24, 2.45) is 0 Å². The molecular weight excluding hydrogens is 514 g/mol. The van der Waals surface area contributed by atoms with Gasteiger partial charge in [-0.2, -0.15) is 0 Å². The number of ether oxygens (including phenoxy) is 1. The van der Waals surface area contributed by atoms with Gasteiger partial charge in [0.25, 0.3) is 5.91 Å². The number of carbonyl (C=O) groups excluding carboxylic acids is 1. The zero-order valence-corrected chi connectivity index (χ0v) is 25.7. The van der Waals surface area contributed by atoms with Gasteiger partial charge in [-0.1, -0.05) is 11.8 Å². The van der Waals surface area contributed by atoms with E-state index in [0.29, 0.717) is 29.8 Å². The number of morpholine rings is 1. The van der Waals surface area contributed by atoms with Crippen molar-refractivity contribution in [3.05, 3.63) is 62.1 Å². The van der Waals surface area contributed by atoms with Crippen molar-refractivity contribution < 1.29 is 9.53 Å². The minimum Gasteiger partial charge on any atom is -0.379 e. The summed E-state index contributed by atoms with van der Waals surface area (Å²) in [6.45, 7) is 12.9. The highest BCUT2D eigenvalue weighted by atomic mass is 16.5. The molecule has 1 saturated carbocycles. The number of carbonyl (C=O) groups is 1. The average molecular weight is 562 g/mol. The Morgan fingerprint density at radius 2 is 1.76 bits per heavy atom. The van der Waals surface area contributed by atoms with Crippen LogP contribution in [0.15, 0.2) is 23.0 Å². The second-order valence-corrected chi connectivity index (χ2v) is 11.7. The predicted molar refractivity (Wildman–Crippen MR) is 166 cm³/mol. The molecule has 1 amide bonds. The summed E-state index contributed by atoms with van der Waals surface area (Å²) in [6, 6.07) is 6.69. The molecule has 1 saturated heterocycles. The van der Waals surface area contributed by atoms with E-state index < -0.39 is 0 Å². The van der Waals surface area contributed by atoms with Crippen molar-refractivity contribution >= 4 is 11.6 Å². The number of H-pyrrole nitrogens is 1. The summed E-state index contributed by atoms with van der Waals surface area (Å²) in [7, 11) is 4.34. The first kappa shape index (κ1) is 30.8. The fourth-order valence-corrected chi connectivity index (χ4v) is 6.19. The maximum atomic E-state index is 13.6. The molecule has 1 aliphatic heterocycles. The number of nitrogens with one attached hydrogen (secondary N) is 2. The zero-order chi connectivity index (χ0) is 29.5. The summed E-state index contributed by atoms with van der Waals surface area (Å²) < 4.78 is 5.46. The molecule has 0 radical (unpaired) electrons. The first-order chi connectivity index (χ1) is 19.7. The topological polar surface area (TPSA) is 80.9 Å². The molecule has 2 heterocycles. The summed E-state index contributed by atoms with van der Waals surface area (Å²) in [5.74, 6) is 6.50. The molecule has 2 aliphatic rings. The van der Waals surface area contributed by atoms with E-state index in [1.165, 1.54) is 12.8 Å². The summed E-state index contributed by atoms with van der Waals surface area (Å²) in [4.78, 5) is 36.5. The Hall–Kier alpha value is -3.12. The molecule has 0 atom stereocenters. The first-order valence-electron chi connectivity index (χ1n) is 15.0. The Labute approximate surface area is 245 Å². The van der Waals surface area contributed by atoms with Crippen molar-refractivity contribution in [2.75, 3.05) is 58.4 Å². The van der Waals surface area contributed by atoms with Gasteiger partial charge in [0.15, 0.2) is 5.43 Å². The molecule has 222 valence electrons. The summed E-state index contributed by atoms with van der Waals surface area (Å²) in [6.07, 6.45) is 4.59. The van der Waals surface area contributed by atoms with Gasteiger partial charge in [0, 0.05) is 78.1 Å². The van der Waals surface area contributed by atoms with E-state index in [2.05, 4.69) is 63.9 Å². The lowest BCUT2D eigenvalue weighted by Crippen LogP contribution is -2.42. The van der Waals surface area contributed by atoms with Crippen LogP contribution >= 0.6 is 0 Å². The van der Waals surface area contributed by atoms with Gasteiger partial charge >= 0.3 is 0 Å². The van der Waals surface area contributed by atoms with Crippen LogP contribution in [-0.2, 0) is 11.3 Å². The van der Waals surface area contributed by atoms with Crippen molar-refractivity contribution in [3.8, 4) is 11.8 Å². The van der Waals surface area contributed by atoms with Gasteiger partial charge in [-0.15, -0.1) is 0 Å². The average Bonchev–Trinajstić information content (AvgIpc) is 2.95.